The van der Waals surface area contributed by atoms with Crippen LogP contribution in [0.25, 0.3) is 11.1 Å². The second-order valence-corrected chi connectivity index (χ2v) is 6.36. The van der Waals surface area contributed by atoms with E-state index in [0.29, 0.717) is 16.7 Å². The highest BCUT2D eigenvalue weighted by Gasteiger charge is 2.24. The minimum Gasteiger partial charge on any atom is -0.486 e. The van der Waals surface area contributed by atoms with E-state index in [9.17, 15) is 0 Å². The Morgan fingerprint density at radius 2 is 2.04 bits per heavy atom. The van der Waals surface area contributed by atoms with Crippen LogP contribution in [0.2, 0.25) is 10.0 Å². The van der Waals surface area contributed by atoms with E-state index in [0.717, 1.165) is 42.1 Å². The molecular formula is C18H19Cl2NO2. The van der Waals surface area contributed by atoms with Crippen LogP contribution < -0.4 is 14.8 Å². The average Bonchev–Trinajstić information content (AvgIpc) is 2.55. The fourth-order valence-electron chi connectivity index (χ4n) is 2.59. The maximum atomic E-state index is 6.35. The van der Waals surface area contributed by atoms with Crippen LogP contribution in [-0.2, 0) is 0 Å². The first-order chi connectivity index (χ1) is 11.2. The minimum atomic E-state index is -0.0127. The lowest BCUT2D eigenvalue weighted by atomic mass is 10.0. The van der Waals surface area contributed by atoms with E-state index >= 15 is 0 Å². The summed E-state index contributed by atoms with van der Waals surface area (Å²) < 4.78 is 12.0. The van der Waals surface area contributed by atoms with Gasteiger partial charge < -0.3 is 14.8 Å². The van der Waals surface area contributed by atoms with Crippen LogP contribution in [0, 0.1) is 0 Å². The van der Waals surface area contributed by atoms with Crippen molar-refractivity contribution in [3.8, 4) is 22.6 Å². The van der Waals surface area contributed by atoms with Crippen LogP contribution in [0.5, 0.6) is 11.5 Å². The van der Waals surface area contributed by atoms with E-state index < -0.39 is 0 Å². The number of halogens is 2. The Kier molecular flexibility index (Phi) is 5.31. The summed E-state index contributed by atoms with van der Waals surface area (Å²) in [5.74, 6) is 1.49. The minimum absolute atomic E-state index is 0.0127. The van der Waals surface area contributed by atoms with E-state index in [1.54, 1.807) is 6.07 Å². The molecule has 1 heterocycles. The Bertz CT molecular complexity index is 691. The molecule has 1 unspecified atom stereocenters. The highest BCUT2D eigenvalue weighted by Crippen LogP contribution is 2.43. The van der Waals surface area contributed by atoms with Crippen molar-refractivity contribution < 1.29 is 9.47 Å². The summed E-state index contributed by atoms with van der Waals surface area (Å²) >= 11 is 12.3. The van der Waals surface area contributed by atoms with Crippen molar-refractivity contribution in [2.75, 3.05) is 19.7 Å². The molecule has 0 spiro atoms. The molecule has 2 aromatic carbocycles. The standard InChI is InChI=1S/C18H19Cl2NO2/c1-2-8-21-10-13-11-22-17-5-3-4-15(18(17)23-13)14-7-6-12(19)9-16(14)20/h3-7,9,13,21H,2,8,10-11H2,1H3. The third-order valence-electron chi connectivity index (χ3n) is 3.71. The first-order valence-electron chi connectivity index (χ1n) is 7.77. The molecule has 0 aromatic heterocycles. The van der Waals surface area contributed by atoms with Crippen LogP contribution in [0.15, 0.2) is 36.4 Å². The molecule has 0 aliphatic carbocycles. The summed E-state index contributed by atoms with van der Waals surface area (Å²) in [7, 11) is 0. The average molecular weight is 352 g/mol. The molecule has 23 heavy (non-hydrogen) atoms. The monoisotopic (exact) mass is 351 g/mol. The first-order valence-corrected chi connectivity index (χ1v) is 8.53. The van der Waals surface area contributed by atoms with Crippen molar-refractivity contribution in [3.05, 3.63) is 46.4 Å². The molecular weight excluding hydrogens is 333 g/mol. The lowest BCUT2D eigenvalue weighted by Crippen LogP contribution is -2.38. The summed E-state index contributed by atoms with van der Waals surface area (Å²) in [6.07, 6.45) is 1.08. The number of hydrogen-bond donors (Lipinski definition) is 1. The molecule has 0 saturated heterocycles. The number of benzene rings is 2. The summed E-state index contributed by atoms with van der Waals surface area (Å²) in [4.78, 5) is 0. The normalized spacial score (nSPS) is 16.4. The molecule has 1 N–H and O–H groups in total. The van der Waals surface area contributed by atoms with Gasteiger partial charge in [0.1, 0.15) is 12.7 Å². The van der Waals surface area contributed by atoms with Crippen LogP contribution in [-0.4, -0.2) is 25.8 Å². The fraction of sp³-hybridized carbons (Fsp3) is 0.333. The Balaban J connectivity index is 1.89. The predicted molar refractivity (Wildman–Crippen MR) is 95.0 cm³/mol. The van der Waals surface area contributed by atoms with Gasteiger partial charge in [-0.15, -0.1) is 0 Å². The van der Waals surface area contributed by atoms with Crippen molar-refractivity contribution in [1.82, 2.24) is 5.32 Å². The van der Waals surface area contributed by atoms with Crippen LogP contribution >= 0.6 is 23.2 Å². The van der Waals surface area contributed by atoms with Gasteiger partial charge in [0, 0.05) is 22.7 Å². The van der Waals surface area contributed by atoms with Crippen LogP contribution in [0.1, 0.15) is 13.3 Å². The zero-order valence-electron chi connectivity index (χ0n) is 12.9. The molecule has 0 amide bonds. The van der Waals surface area contributed by atoms with Gasteiger partial charge in [0.05, 0.1) is 5.02 Å². The molecule has 0 bridgehead atoms. The van der Waals surface area contributed by atoms with Gasteiger partial charge in [-0.25, -0.2) is 0 Å². The Morgan fingerprint density at radius 3 is 2.83 bits per heavy atom. The topological polar surface area (TPSA) is 30.5 Å². The molecule has 0 radical (unpaired) electrons. The van der Waals surface area contributed by atoms with E-state index in [4.69, 9.17) is 32.7 Å². The van der Waals surface area contributed by atoms with Gasteiger partial charge in [-0.3, -0.25) is 0 Å². The van der Waals surface area contributed by atoms with Crippen molar-refractivity contribution >= 4 is 23.2 Å². The fourth-order valence-corrected chi connectivity index (χ4v) is 3.11. The molecule has 0 fully saturated rings. The predicted octanol–water partition coefficient (Wildman–Crippen LogP) is 4.80. The molecule has 5 heteroatoms. The van der Waals surface area contributed by atoms with Gasteiger partial charge in [-0.05, 0) is 31.2 Å². The second kappa shape index (κ2) is 7.43. The van der Waals surface area contributed by atoms with Crippen molar-refractivity contribution in [2.45, 2.75) is 19.4 Å². The number of fused-ring (bicyclic) bond motifs is 1. The zero-order valence-corrected chi connectivity index (χ0v) is 14.5. The number of para-hydroxylation sites is 1. The highest BCUT2D eigenvalue weighted by molar-refractivity contribution is 6.36. The smallest absolute Gasteiger partial charge is 0.169 e. The molecule has 2 aromatic rings. The summed E-state index contributed by atoms with van der Waals surface area (Å²) in [6, 6.07) is 11.3. The number of nitrogens with one attached hydrogen (secondary N) is 1. The summed E-state index contributed by atoms with van der Waals surface area (Å²) in [5.41, 5.74) is 1.81. The number of rotatable bonds is 5. The van der Waals surface area contributed by atoms with E-state index in [2.05, 4.69) is 12.2 Å². The molecule has 1 aliphatic heterocycles. The Hall–Kier alpha value is -1.42. The third-order valence-corrected chi connectivity index (χ3v) is 4.26. The van der Waals surface area contributed by atoms with Crippen LogP contribution in [0.4, 0.5) is 0 Å². The van der Waals surface area contributed by atoms with Crippen LogP contribution in [0.3, 0.4) is 0 Å². The molecule has 122 valence electrons. The summed E-state index contributed by atoms with van der Waals surface area (Å²) in [5, 5.41) is 4.58. The van der Waals surface area contributed by atoms with Gasteiger partial charge in [0.25, 0.3) is 0 Å². The molecule has 0 saturated carbocycles. The molecule has 3 rings (SSSR count). The highest BCUT2D eigenvalue weighted by atomic mass is 35.5. The molecule has 1 aliphatic rings. The van der Waals surface area contributed by atoms with Gasteiger partial charge in [-0.1, -0.05) is 48.3 Å². The lowest BCUT2D eigenvalue weighted by Gasteiger charge is -2.28. The van der Waals surface area contributed by atoms with Crippen molar-refractivity contribution in [3.63, 3.8) is 0 Å². The maximum absolute atomic E-state index is 6.35. The third kappa shape index (κ3) is 3.74. The van der Waals surface area contributed by atoms with Gasteiger partial charge in [0.2, 0.25) is 0 Å². The lowest BCUT2D eigenvalue weighted by molar-refractivity contribution is 0.0913. The first kappa shape index (κ1) is 16.4. The Labute approximate surface area is 146 Å². The van der Waals surface area contributed by atoms with Gasteiger partial charge in [-0.2, -0.15) is 0 Å². The van der Waals surface area contributed by atoms with Gasteiger partial charge >= 0.3 is 0 Å². The Morgan fingerprint density at radius 1 is 1.17 bits per heavy atom. The SMILES string of the molecule is CCCNCC1COc2cccc(-c3ccc(Cl)cc3Cl)c2O1. The molecule has 3 nitrogen and oxygen atoms in total. The molecule has 1 atom stereocenters. The van der Waals surface area contributed by atoms with Crippen molar-refractivity contribution in [1.29, 1.82) is 0 Å². The number of ether oxygens (including phenoxy) is 2. The quantitative estimate of drug-likeness (QED) is 0.784. The van der Waals surface area contributed by atoms with E-state index in [1.807, 2.05) is 30.3 Å². The maximum Gasteiger partial charge on any atom is 0.169 e. The van der Waals surface area contributed by atoms with E-state index in [-0.39, 0.29) is 6.10 Å². The van der Waals surface area contributed by atoms with E-state index in [1.165, 1.54) is 0 Å². The zero-order chi connectivity index (χ0) is 16.2. The summed E-state index contributed by atoms with van der Waals surface area (Å²) in [6.45, 7) is 4.41. The number of hydrogen-bond acceptors (Lipinski definition) is 3. The van der Waals surface area contributed by atoms with Gasteiger partial charge in [0.15, 0.2) is 11.5 Å². The van der Waals surface area contributed by atoms with Crippen molar-refractivity contribution in [2.24, 2.45) is 0 Å². The largest absolute Gasteiger partial charge is 0.486 e. The second-order valence-electron chi connectivity index (χ2n) is 5.51.